The van der Waals surface area contributed by atoms with Crippen molar-refractivity contribution in [3.63, 3.8) is 0 Å². The molecule has 0 aliphatic carbocycles. The Balaban J connectivity index is 1.94. The second-order valence-electron chi connectivity index (χ2n) is 7.45. The average molecular weight is 425 g/mol. The number of allylic oxidation sites excluding steroid dienone is 1. The number of carbonyl (C=O) groups is 3. The Labute approximate surface area is 179 Å². The summed E-state index contributed by atoms with van der Waals surface area (Å²) in [7, 11) is 1.56. The van der Waals surface area contributed by atoms with Crippen molar-refractivity contribution in [3.8, 4) is 0 Å². The van der Waals surface area contributed by atoms with E-state index in [1.54, 1.807) is 58.2 Å². The third-order valence-corrected chi connectivity index (χ3v) is 4.91. The summed E-state index contributed by atoms with van der Waals surface area (Å²) in [4.78, 5) is 38.9. The summed E-state index contributed by atoms with van der Waals surface area (Å²) in [5.41, 5.74) is 1.65. The highest BCUT2D eigenvalue weighted by Gasteiger charge is 2.35. The van der Waals surface area contributed by atoms with E-state index in [2.05, 4.69) is 10.6 Å². The molecule has 1 heterocycles. The minimum Gasteiger partial charge on any atom is -0.459 e. The number of rotatable bonds is 5. The van der Waals surface area contributed by atoms with Gasteiger partial charge in [-0.2, -0.15) is 0 Å². The van der Waals surface area contributed by atoms with Gasteiger partial charge in [-0.1, -0.05) is 24.3 Å². The Morgan fingerprint density at radius 1 is 1.16 bits per heavy atom. The lowest BCUT2D eigenvalue weighted by Gasteiger charge is -2.33. The Morgan fingerprint density at radius 2 is 1.87 bits per heavy atom. The standard InChI is InChI=1S/C23H24FN3O4/c1-13(2)31-22(29)19-14(3)27(4)23(30)26-20(19)15-8-7-9-16(12-15)25-21(28)17-10-5-6-11-18(17)24/h5-13,20H,1-4H3,(H,25,28)(H,26,30). The van der Waals surface area contributed by atoms with Gasteiger partial charge >= 0.3 is 12.0 Å². The van der Waals surface area contributed by atoms with Crippen LogP contribution < -0.4 is 10.6 Å². The normalized spacial score (nSPS) is 16.3. The lowest BCUT2D eigenvalue weighted by molar-refractivity contribution is -0.143. The molecule has 0 saturated carbocycles. The summed E-state index contributed by atoms with van der Waals surface area (Å²) in [6.07, 6.45) is -0.331. The van der Waals surface area contributed by atoms with Crippen LogP contribution in [0, 0.1) is 5.82 Å². The molecule has 3 amide bonds. The lowest BCUT2D eigenvalue weighted by Crippen LogP contribution is -2.46. The van der Waals surface area contributed by atoms with Gasteiger partial charge in [0, 0.05) is 18.4 Å². The second kappa shape index (κ2) is 8.99. The van der Waals surface area contributed by atoms with E-state index in [0.717, 1.165) is 0 Å². The predicted octanol–water partition coefficient (Wildman–Crippen LogP) is 4.00. The van der Waals surface area contributed by atoms with E-state index >= 15 is 0 Å². The topological polar surface area (TPSA) is 87.7 Å². The van der Waals surface area contributed by atoms with Gasteiger partial charge in [-0.3, -0.25) is 4.79 Å². The molecule has 1 aliphatic rings. The molecule has 1 atom stereocenters. The van der Waals surface area contributed by atoms with Gasteiger partial charge in [0.1, 0.15) is 5.82 Å². The molecule has 2 N–H and O–H groups in total. The number of hydrogen-bond acceptors (Lipinski definition) is 4. The molecule has 0 saturated heterocycles. The smallest absolute Gasteiger partial charge is 0.338 e. The van der Waals surface area contributed by atoms with Crippen molar-refractivity contribution < 1.29 is 23.5 Å². The number of nitrogens with one attached hydrogen (secondary N) is 2. The zero-order chi connectivity index (χ0) is 22.7. The van der Waals surface area contributed by atoms with Crippen LogP contribution in [0.1, 0.15) is 42.7 Å². The van der Waals surface area contributed by atoms with Crippen molar-refractivity contribution >= 4 is 23.6 Å². The van der Waals surface area contributed by atoms with Gasteiger partial charge in [0.2, 0.25) is 0 Å². The highest BCUT2D eigenvalue weighted by Crippen LogP contribution is 2.32. The van der Waals surface area contributed by atoms with Crippen LogP contribution in [0.15, 0.2) is 59.8 Å². The molecule has 8 heteroatoms. The average Bonchev–Trinajstić information content (AvgIpc) is 2.71. The molecule has 162 valence electrons. The van der Waals surface area contributed by atoms with Crippen LogP contribution in [0.4, 0.5) is 14.9 Å². The molecule has 31 heavy (non-hydrogen) atoms. The van der Waals surface area contributed by atoms with Gasteiger partial charge in [-0.15, -0.1) is 0 Å². The summed E-state index contributed by atoms with van der Waals surface area (Å²) < 4.78 is 19.3. The summed E-state index contributed by atoms with van der Waals surface area (Å²) in [6, 6.07) is 11.2. The minimum absolute atomic E-state index is 0.0857. The maximum Gasteiger partial charge on any atom is 0.338 e. The van der Waals surface area contributed by atoms with Crippen LogP contribution in [0.3, 0.4) is 0 Å². The van der Waals surface area contributed by atoms with Gasteiger partial charge in [0.15, 0.2) is 0 Å². The van der Waals surface area contributed by atoms with Gasteiger partial charge in [0.25, 0.3) is 5.91 Å². The summed E-state index contributed by atoms with van der Waals surface area (Å²) >= 11 is 0. The number of carbonyl (C=O) groups excluding carboxylic acids is 3. The first-order valence-corrected chi connectivity index (χ1v) is 9.81. The fourth-order valence-corrected chi connectivity index (χ4v) is 3.27. The summed E-state index contributed by atoms with van der Waals surface area (Å²) in [6.45, 7) is 5.16. The van der Waals surface area contributed by atoms with E-state index in [9.17, 15) is 18.8 Å². The molecule has 7 nitrogen and oxygen atoms in total. The number of amides is 3. The Bertz CT molecular complexity index is 1060. The molecule has 0 radical (unpaired) electrons. The van der Waals surface area contributed by atoms with Crippen molar-refractivity contribution in [1.29, 1.82) is 0 Å². The van der Waals surface area contributed by atoms with Crippen LogP contribution in [0.2, 0.25) is 0 Å². The number of urea groups is 1. The largest absolute Gasteiger partial charge is 0.459 e. The van der Waals surface area contributed by atoms with Gasteiger partial charge in [0.05, 0.1) is 23.3 Å². The molecule has 2 aromatic rings. The highest BCUT2D eigenvalue weighted by molar-refractivity contribution is 6.04. The molecule has 3 rings (SSSR count). The number of halogens is 1. The number of ether oxygens (including phenoxy) is 1. The maximum absolute atomic E-state index is 13.9. The van der Waals surface area contributed by atoms with Crippen LogP contribution in [0.25, 0.3) is 0 Å². The van der Waals surface area contributed by atoms with Gasteiger partial charge < -0.3 is 20.3 Å². The van der Waals surface area contributed by atoms with Crippen LogP contribution in [0.5, 0.6) is 0 Å². The number of benzene rings is 2. The van der Waals surface area contributed by atoms with Crippen molar-refractivity contribution in [2.45, 2.75) is 32.9 Å². The number of esters is 1. The van der Waals surface area contributed by atoms with E-state index in [4.69, 9.17) is 4.74 Å². The predicted molar refractivity (Wildman–Crippen MR) is 114 cm³/mol. The van der Waals surface area contributed by atoms with Crippen molar-refractivity contribution in [2.75, 3.05) is 12.4 Å². The zero-order valence-electron chi connectivity index (χ0n) is 17.7. The molecular weight excluding hydrogens is 401 g/mol. The van der Waals surface area contributed by atoms with E-state index < -0.39 is 23.7 Å². The maximum atomic E-state index is 13.9. The van der Waals surface area contributed by atoms with Crippen molar-refractivity contribution in [1.82, 2.24) is 10.2 Å². The van der Waals surface area contributed by atoms with E-state index in [1.165, 1.54) is 23.1 Å². The van der Waals surface area contributed by atoms with Crippen molar-refractivity contribution in [3.05, 3.63) is 76.7 Å². The molecule has 0 fully saturated rings. The van der Waals surface area contributed by atoms with Gasteiger partial charge in [-0.05, 0) is 50.6 Å². The summed E-state index contributed by atoms with van der Waals surface area (Å²) in [5.74, 6) is -1.77. The fraction of sp³-hybridized carbons (Fsp3) is 0.261. The SMILES string of the molecule is CC1=C(C(=O)OC(C)C)C(c2cccc(NC(=O)c3ccccc3F)c2)NC(=O)N1C. The number of hydrogen-bond donors (Lipinski definition) is 2. The first kappa shape index (κ1) is 22.0. The van der Waals surface area contributed by atoms with Crippen LogP contribution in [-0.2, 0) is 9.53 Å². The minimum atomic E-state index is -0.764. The molecule has 1 unspecified atom stereocenters. The van der Waals surface area contributed by atoms with E-state index in [-0.39, 0.29) is 17.7 Å². The molecule has 0 aromatic heterocycles. The zero-order valence-corrected chi connectivity index (χ0v) is 17.7. The second-order valence-corrected chi connectivity index (χ2v) is 7.45. The molecule has 0 bridgehead atoms. The summed E-state index contributed by atoms with van der Waals surface area (Å²) in [5, 5.41) is 5.45. The van der Waals surface area contributed by atoms with Crippen LogP contribution in [-0.4, -0.2) is 36.0 Å². The fourth-order valence-electron chi connectivity index (χ4n) is 3.27. The highest BCUT2D eigenvalue weighted by atomic mass is 19.1. The lowest BCUT2D eigenvalue weighted by atomic mass is 9.94. The third kappa shape index (κ3) is 4.74. The quantitative estimate of drug-likeness (QED) is 0.709. The van der Waals surface area contributed by atoms with Gasteiger partial charge in [-0.25, -0.2) is 14.0 Å². The van der Waals surface area contributed by atoms with E-state index in [0.29, 0.717) is 22.5 Å². The number of anilines is 1. The van der Waals surface area contributed by atoms with E-state index in [1.807, 2.05) is 0 Å². The monoisotopic (exact) mass is 425 g/mol. The Kier molecular flexibility index (Phi) is 6.39. The third-order valence-electron chi connectivity index (χ3n) is 4.91. The van der Waals surface area contributed by atoms with Crippen molar-refractivity contribution in [2.24, 2.45) is 0 Å². The first-order valence-electron chi connectivity index (χ1n) is 9.81. The molecule has 0 spiro atoms. The number of nitrogens with zero attached hydrogens (tertiary/aromatic N) is 1. The van der Waals surface area contributed by atoms with Crippen LogP contribution >= 0.6 is 0 Å². The first-order chi connectivity index (χ1) is 14.7. The molecule has 2 aromatic carbocycles. The molecule has 1 aliphatic heterocycles. The molecular formula is C23H24FN3O4. The Morgan fingerprint density at radius 3 is 2.55 bits per heavy atom. The Hall–Kier alpha value is -3.68.